The predicted molar refractivity (Wildman–Crippen MR) is 173 cm³/mol. The Morgan fingerprint density at radius 3 is 2.66 bits per heavy atom. The highest BCUT2D eigenvalue weighted by atomic mass is 19.3. The fraction of sp³-hybridized carbons (Fsp3) is 0.667. The first kappa shape index (κ1) is 33.1. The van der Waals surface area contributed by atoms with Crippen LogP contribution in [0.5, 0.6) is 0 Å². The van der Waals surface area contributed by atoms with E-state index in [1.165, 1.54) is 23.2 Å². The first-order chi connectivity index (χ1) is 21.3. The first-order valence-corrected chi connectivity index (χ1v) is 17.1. The van der Waals surface area contributed by atoms with Crippen LogP contribution in [0, 0.1) is 5.92 Å². The van der Waals surface area contributed by atoms with Crippen LogP contribution in [0.4, 0.5) is 8.78 Å². The van der Waals surface area contributed by atoms with Crippen molar-refractivity contribution in [1.29, 1.82) is 0 Å². The summed E-state index contributed by atoms with van der Waals surface area (Å²) in [5, 5.41) is 0. The lowest BCUT2D eigenvalue weighted by Gasteiger charge is -2.44. The Kier molecular flexibility index (Phi) is 11.9. The topological polar surface area (TPSA) is 65.7 Å². The summed E-state index contributed by atoms with van der Waals surface area (Å²) in [5.41, 5.74) is 9.72. The number of nitrogens with two attached hydrogens (primary N) is 1. The van der Waals surface area contributed by atoms with Crippen molar-refractivity contribution in [3.63, 3.8) is 0 Å². The fourth-order valence-electron chi connectivity index (χ4n) is 7.68. The molecule has 242 valence electrons. The molecule has 0 amide bonds. The largest absolute Gasteiger partial charge is 0.330 e. The standard InChI is InChI=1S/C36H53F2N5O/c1-41-23-24-42(22-16-31(28-9-3-2-4-10-28)25-34(44)29-14-17-36(37,38)18-15-29)26-32(41)27-43(21-6-5-19-39)33-13-7-11-30-12-8-20-40-35(30)33/h2-4,8-10,12,20,29,31-33H,5-7,11,13-19,21-27,39H2,1H3/t31-,32-,33?/m1/s1. The molecule has 2 aliphatic carbocycles. The summed E-state index contributed by atoms with van der Waals surface area (Å²) in [5.74, 6) is -2.55. The van der Waals surface area contributed by atoms with Crippen LogP contribution in [0.25, 0.3) is 0 Å². The minimum atomic E-state index is -2.61. The van der Waals surface area contributed by atoms with E-state index in [9.17, 15) is 13.6 Å². The lowest BCUT2D eigenvalue weighted by atomic mass is 9.80. The van der Waals surface area contributed by atoms with Gasteiger partial charge in [0.05, 0.1) is 11.7 Å². The zero-order chi connectivity index (χ0) is 30.9. The molecule has 8 heteroatoms. The van der Waals surface area contributed by atoms with Crippen molar-refractivity contribution in [2.45, 2.75) is 94.6 Å². The maximum Gasteiger partial charge on any atom is 0.248 e. The third-order valence-corrected chi connectivity index (χ3v) is 10.5. The molecule has 1 unspecified atom stereocenters. The molecule has 0 spiro atoms. The molecule has 0 bridgehead atoms. The highest BCUT2D eigenvalue weighted by Crippen LogP contribution is 2.38. The molecule has 1 aromatic carbocycles. The molecule has 44 heavy (non-hydrogen) atoms. The van der Waals surface area contributed by atoms with Crippen molar-refractivity contribution in [1.82, 2.24) is 19.7 Å². The molecule has 2 fully saturated rings. The highest BCUT2D eigenvalue weighted by Gasteiger charge is 2.38. The second kappa shape index (κ2) is 15.8. The van der Waals surface area contributed by atoms with E-state index in [0.717, 1.165) is 77.9 Å². The number of ketones is 1. The second-order valence-electron chi connectivity index (χ2n) is 13.6. The fourth-order valence-corrected chi connectivity index (χ4v) is 7.68. The van der Waals surface area contributed by atoms with Gasteiger partial charge in [-0.2, -0.15) is 0 Å². The van der Waals surface area contributed by atoms with Gasteiger partial charge in [-0.25, -0.2) is 8.78 Å². The average Bonchev–Trinajstić information content (AvgIpc) is 3.04. The predicted octanol–water partition coefficient (Wildman–Crippen LogP) is 6.07. The van der Waals surface area contributed by atoms with Crippen LogP contribution in [0.3, 0.4) is 0 Å². The van der Waals surface area contributed by atoms with Gasteiger partial charge < -0.3 is 10.6 Å². The molecular formula is C36H53F2N5O. The number of carbonyl (C=O) groups is 1. The number of aryl methyl sites for hydroxylation is 1. The van der Waals surface area contributed by atoms with E-state index in [1.807, 2.05) is 24.4 Å². The molecule has 6 nitrogen and oxygen atoms in total. The number of Topliss-reactive ketones (excluding diaryl/α,β-unsaturated/α-hetero) is 1. The van der Waals surface area contributed by atoms with E-state index in [2.05, 4.69) is 46.0 Å². The third kappa shape index (κ3) is 8.93. The maximum atomic E-state index is 13.8. The molecule has 1 aliphatic heterocycles. The van der Waals surface area contributed by atoms with Gasteiger partial charge in [0.2, 0.25) is 5.92 Å². The van der Waals surface area contributed by atoms with E-state index in [-0.39, 0.29) is 30.5 Å². The summed E-state index contributed by atoms with van der Waals surface area (Å²) >= 11 is 0. The molecule has 1 saturated heterocycles. The molecule has 0 radical (unpaired) electrons. The van der Waals surface area contributed by atoms with Crippen molar-refractivity contribution in [2.75, 3.05) is 52.9 Å². The second-order valence-corrected chi connectivity index (χ2v) is 13.6. The number of hydrogen-bond donors (Lipinski definition) is 1. The monoisotopic (exact) mass is 609 g/mol. The van der Waals surface area contributed by atoms with Crippen molar-refractivity contribution in [3.8, 4) is 0 Å². The normalized spacial score (nSPS) is 23.8. The van der Waals surface area contributed by atoms with Gasteiger partial charge in [0.25, 0.3) is 0 Å². The van der Waals surface area contributed by atoms with E-state index in [1.54, 1.807) is 0 Å². The summed E-state index contributed by atoms with van der Waals surface area (Å²) in [6, 6.07) is 15.4. The number of hydrogen-bond acceptors (Lipinski definition) is 6. The van der Waals surface area contributed by atoms with Gasteiger partial charge in [0, 0.05) is 63.6 Å². The SMILES string of the molecule is CN1CCN(CC[C@H](CC(=O)C2CCC(F)(F)CC2)c2ccccc2)C[C@@H]1CN(CCCCN)C1CCCc2cccnc21. The van der Waals surface area contributed by atoms with E-state index in [0.29, 0.717) is 31.3 Å². The first-order valence-electron chi connectivity index (χ1n) is 17.1. The van der Waals surface area contributed by atoms with E-state index >= 15 is 0 Å². The average molecular weight is 610 g/mol. The van der Waals surface area contributed by atoms with Crippen LogP contribution in [0.2, 0.25) is 0 Å². The molecule has 3 atom stereocenters. The number of likely N-dealkylation sites (N-methyl/N-ethyl adjacent to an activating group) is 1. The van der Waals surface area contributed by atoms with Crippen LogP contribution >= 0.6 is 0 Å². The molecule has 2 aromatic rings. The third-order valence-electron chi connectivity index (χ3n) is 10.5. The Hall–Kier alpha value is -2.26. The summed E-state index contributed by atoms with van der Waals surface area (Å²) < 4.78 is 27.5. The quantitative estimate of drug-likeness (QED) is 0.262. The van der Waals surface area contributed by atoms with Gasteiger partial charge in [-0.15, -0.1) is 0 Å². The Morgan fingerprint density at radius 1 is 1.09 bits per heavy atom. The van der Waals surface area contributed by atoms with Gasteiger partial charge in [-0.1, -0.05) is 36.4 Å². The van der Waals surface area contributed by atoms with Crippen molar-refractivity contribution >= 4 is 5.78 Å². The van der Waals surface area contributed by atoms with Gasteiger partial charge in [0.15, 0.2) is 0 Å². The number of fused-ring (bicyclic) bond motifs is 1. The van der Waals surface area contributed by atoms with Crippen LogP contribution in [-0.4, -0.2) is 90.3 Å². The minimum absolute atomic E-state index is 0.113. The number of alkyl halides is 2. The molecule has 3 aliphatic rings. The lowest BCUT2D eigenvalue weighted by Crippen LogP contribution is -2.56. The number of unbranched alkanes of at least 4 members (excludes halogenated alkanes) is 1. The lowest BCUT2D eigenvalue weighted by molar-refractivity contribution is -0.127. The minimum Gasteiger partial charge on any atom is -0.330 e. The van der Waals surface area contributed by atoms with Gasteiger partial charge in [-0.3, -0.25) is 19.6 Å². The number of nitrogens with zero attached hydrogens (tertiary/aromatic N) is 4. The van der Waals surface area contributed by atoms with Crippen molar-refractivity contribution in [3.05, 3.63) is 65.5 Å². The van der Waals surface area contributed by atoms with Crippen LogP contribution in [0.1, 0.15) is 93.0 Å². The zero-order valence-corrected chi connectivity index (χ0v) is 26.7. The van der Waals surface area contributed by atoms with E-state index < -0.39 is 5.92 Å². The van der Waals surface area contributed by atoms with Crippen LogP contribution in [0.15, 0.2) is 48.7 Å². The zero-order valence-electron chi connectivity index (χ0n) is 26.7. The summed E-state index contributed by atoms with van der Waals surface area (Å²) in [4.78, 5) is 26.0. The number of piperazine rings is 1. The molecule has 2 heterocycles. The number of aromatic nitrogens is 1. The molecule has 1 aromatic heterocycles. The summed E-state index contributed by atoms with van der Waals surface area (Å²) in [7, 11) is 2.26. The number of carbonyl (C=O) groups excluding carboxylic acids is 1. The number of rotatable bonds is 14. The van der Waals surface area contributed by atoms with Gasteiger partial charge in [0.1, 0.15) is 5.78 Å². The van der Waals surface area contributed by atoms with E-state index in [4.69, 9.17) is 10.7 Å². The van der Waals surface area contributed by atoms with Gasteiger partial charge >= 0.3 is 0 Å². The maximum absolute atomic E-state index is 13.8. The van der Waals surface area contributed by atoms with Crippen LogP contribution < -0.4 is 5.73 Å². The number of halogens is 2. The Labute approximate surface area is 263 Å². The molecule has 1 saturated carbocycles. The highest BCUT2D eigenvalue weighted by molar-refractivity contribution is 5.82. The smallest absolute Gasteiger partial charge is 0.248 e. The number of pyridine rings is 1. The van der Waals surface area contributed by atoms with Gasteiger partial charge in [-0.05, 0) is 101 Å². The Balaban J connectivity index is 1.22. The molecule has 5 rings (SSSR count). The molecular weight excluding hydrogens is 556 g/mol. The summed E-state index contributed by atoms with van der Waals surface area (Å²) in [6.45, 7) is 6.73. The molecule has 2 N–H and O–H groups in total. The van der Waals surface area contributed by atoms with Crippen molar-refractivity contribution < 1.29 is 13.6 Å². The summed E-state index contributed by atoms with van der Waals surface area (Å²) in [6.07, 6.45) is 9.20. The Morgan fingerprint density at radius 2 is 1.89 bits per heavy atom. The van der Waals surface area contributed by atoms with Crippen molar-refractivity contribution in [2.24, 2.45) is 11.7 Å². The Bertz CT molecular complexity index is 1170. The van der Waals surface area contributed by atoms with Crippen LogP contribution in [-0.2, 0) is 11.2 Å². The number of benzene rings is 1.